The van der Waals surface area contributed by atoms with Gasteiger partial charge in [-0.15, -0.1) is 0 Å². The molecule has 1 N–H and O–H groups in total. The maximum atomic E-state index is 13.1. The van der Waals surface area contributed by atoms with E-state index in [4.69, 9.17) is 14.2 Å². The van der Waals surface area contributed by atoms with Crippen LogP contribution in [0.25, 0.3) is 5.76 Å². The number of Topliss-reactive ketones (excluding diaryl/α,β-unsaturated/α-hetero) is 1. The Kier molecular flexibility index (Phi) is 5.95. The predicted octanol–water partition coefficient (Wildman–Crippen LogP) is 3.30. The van der Waals surface area contributed by atoms with Gasteiger partial charge in [0.1, 0.15) is 17.3 Å². The quantitative estimate of drug-likeness (QED) is 0.436. The summed E-state index contributed by atoms with van der Waals surface area (Å²) in [4.78, 5) is 27.6. The Bertz CT molecular complexity index is 1010. The van der Waals surface area contributed by atoms with Crippen LogP contribution in [-0.2, 0) is 14.3 Å². The van der Waals surface area contributed by atoms with Crippen LogP contribution in [0.3, 0.4) is 0 Å². The molecule has 2 saturated heterocycles. The monoisotopic (exact) mass is 423 g/mol. The van der Waals surface area contributed by atoms with Crippen LogP contribution in [0.5, 0.6) is 11.5 Å². The van der Waals surface area contributed by atoms with Crippen LogP contribution >= 0.6 is 0 Å². The van der Waals surface area contributed by atoms with Crippen molar-refractivity contribution >= 4 is 17.4 Å². The number of ether oxygens (including phenoxy) is 3. The largest absolute Gasteiger partial charge is 0.507 e. The lowest BCUT2D eigenvalue weighted by molar-refractivity contribution is -0.140. The Morgan fingerprint density at radius 3 is 2.48 bits per heavy atom. The summed E-state index contributed by atoms with van der Waals surface area (Å²) in [6.07, 6.45) is 1.61. The molecule has 4 rings (SSSR count). The van der Waals surface area contributed by atoms with E-state index in [2.05, 4.69) is 0 Å². The minimum atomic E-state index is -0.735. The van der Waals surface area contributed by atoms with Crippen LogP contribution in [0, 0.1) is 0 Å². The van der Waals surface area contributed by atoms with E-state index < -0.39 is 17.7 Å². The van der Waals surface area contributed by atoms with Gasteiger partial charge in [0.15, 0.2) is 0 Å². The molecule has 0 spiro atoms. The Morgan fingerprint density at radius 1 is 1.10 bits per heavy atom. The van der Waals surface area contributed by atoms with Crippen molar-refractivity contribution in [1.29, 1.82) is 0 Å². The summed E-state index contributed by atoms with van der Waals surface area (Å²) in [6.45, 7) is 0.927. The number of likely N-dealkylation sites (tertiary alicyclic amines) is 1. The minimum Gasteiger partial charge on any atom is -0.507 e. The van der Waals surface area contributed by atoms with Gasteiger partial charge >= 0.3 is 0 Å². The number of hydrogen-bond donors (Lipinski definition) is 1. The van der Waals surface area contributed by atoms with Crippen molar-refractivity contribution in [2.24, 2.45) is 0 Å². The fraction of sp³-hybridized carbons (Fsp3) is 0.333. The summed E-state index contributed by atoms with van der Waals surface area (Å²) in [5.41, 5.74) is 1.18. The maximum absolute atomic E-state index is 13.1. The van der Waals surface area contributed by atoms with Gasteiger partial charge in [-0.2, -0.15) is 0 Å². The van der Waals surface area contributed by atoms with Crippen LogP contribution in [0.1, 0.15) is 30.0 Å². The fourth-order valence-electron chi connectivity index (χ4n) is 4.14. The zero-order valence-corrected chi connectivity index (χ0v) is 17.5. The third kappa shape index (κ3) is 4.01. The van der Waals surface area contributed by atoms with E-state index in [1.54, 1.807) is 56.7 Å². The van der Waals surface area contributed by atoms with Gasteiger partial charge in [0, 0.05) is 18.7 Å². The van der Waals surface area contributed by atoms with E-state index in [-0.39, 0.29) is 24.0 Å². The lowest BCUT2D eigenvalue weighted by Crippen LogP contribution is -2.36. The molecule has 1 amide bonds. The van der Waals surface area contributed by atoms with Gasteiger partial charge in [-0.05, 0) is 54.8 Å². The van der Waals surface area contributed by atoms with E-state index in [0.717, 1.165) is 12.8 Å². The minimum absolute atomic E-state index is 0.0569. The molecule has 0 unspecified atom stereocenters. The molecule has 7 heteroatoms. The third-order valence-electron chi connectivity index (χ3n) is 5.74. The second-order valence-corrected chi connectivity index (χ2v) is 7.59. The molecule has 2 aromatic rings. The Balaban J connectivity index is 1.81. The number of aliphatic hydroxyl groups excluding tert-OH is 1. The summed E-state index contributed by atoms with van der Waals surface area (Å²) in [5.74, 6) is -0.342. The molecule has 2 aliphatic rings. The van der Waals surface area contributed by atoms with Gasteiger partial charge in [0.25, 0.3) is 11.7 Å². The number of nitrogens with zero attached hydrogens (tertiary/aromatic N) is 1. The highest BCUT2D eigenvalue weighted by Gasteiger charge is 2.47. The smallest absolute Gasteiger partial charge is 0.295 e. The number of hydrogen-bond acceptors (Lipinski definition) is 6. The normalized spacial score (nSPS) is 22.7. The molecule has 0 radical (unpaired) electrons. The molecule has 2 atom stereocenters. The topological polar surface area (TPSA) is 85.3 Å². The number of methoxy groups -OCH3 is 2. The first-order chi connectivity index (χ1) is 15.0. The van der Waals surface area contributed by atoms with Gasteiger partial charge in [-0.25, -0.2) is 0 Å². The number of carbonyl (C=O) groups is 2. The Labute approximate surface area is 180 Å². The number of aliphatic hydroxyl groups is 1. The number of carbonyl (C=O) groups excluding carboxylic acids is 2. The summed E-state index contributed by atoms with van der Waals surface area (Å²) in [6, 6.07) is 13.2. The molecular weight excluding hydrogens is 398 g/mol. The van der Waals surface area contributed by atoms with Crippen molar-refractivity contribution < 1.29 is 28.9 Å². The third-order valence-corrected chi connectivity index (χ3v) is 5.74. The van der Waals surface area contributed by atoms with E-state index in [1.807, 2.05) is 6.07 Å². The molecule has 0 saturated carbocycles. The van der Waals surface area contributed by atoms with Gasteiger partial charge < -0.3 is 24.2 Å². The number of ketones is 1. The van der Waals surface area contributed by atoms with Gasteiger partial charge in [0.2, 0.25) is 0 Å². The van der Waals surface area contributed by atoms with Gasteiger partial charge in [-0.1, -0.05) is 12.1 Å². The number of amides is 1. The van der Waals surface area contributed by atoms with E-state index in [1.165, 1.54) is 4.90 Å². The Hall–Kier alpha value is -3.32. The molecule has 2 aliphatic heterocycles. The summed E-state index contributed by atoms with van der Waals surface area (Å²) in [5, 5.41) is 11.1. The zero-order valence-electron chi connectivity index (χ0n) is 17.5. The summed E-state index contributed by atoms with van der Waals surface area (Å²) in [7, 11) is 3.11. The summed E-state index contributed by atoms with van der Waals surface area (Å²) < 4.78 is 16.2. The molecule has 2 fully saturated rings. The Morgan fingerprint density at radius 2 is 1.84 bits per heavy atom. The van der Waals surface area contributed by atoms with Crippen LogP contribution in [0.4, 0.5) is 0 Å². The summed E-state index contributed by atoms with van der Waals surface area (Å²) >= 11 is 0. The van der Waals surface area contributed by atoms with Crippen LogP contribution in [0.15, 0.2) is 54.1 Å². The van der Waals surface area contributed by atoms with Gasteiger partial charge in [-0.3, -0.25) is 9.59 Å². The lowest BCUT2D eigenvalue weighted by atomic mass is 9.95. The van der Waals surface area contributed by atoms with Crippen molar-refractivity contribution in [3.8, 4) is 11.5 Å². The first-order valence-corrected chi connectivity index (χ1v) is 10.2. The van der Waals surface area contributed by atoms with Crippen molar-refractivity contribution in [2.45, 2.75) is 25.0 Å². The number of rotatable bonds is 6. The standard InChI is InChI=1S/C24H25NO6/c1-29-17-10-8-15(9-11-17)22(26)20-21(16-5-3-6-18(13-16)30-2)25(24(28)23(20)27)14-19-7-4-12-31-19/h3,5-6,8-11,13,19,21,26H,4,7,12,14H2,1-2H3/t19-,21-/m1/s1. The van der Waals surface area contributed by atoms with Crippen molar-refractivity contribution in [3.63, 3.8) is 0 Å². The average Bonchev–Trinajstić information content (AvgIpc) is 3.41. The first-order valence-electron chi connectivity index (χ1n) is 10.2. The molecule has 31 heavy (non-hydrogen) atoms. The zero-order chi connectivity index (χ0) is 22.0. The predicted molar refractivity (Wildman–Crippen MR) is 114 cm³/mol. The van der Waals surface area contributed by atoms with Crippen molar-refractivity contribution in [3.05, 3.63) is 65.2 Å². The van der Waals surface area contributed by atoms with E-state index in [9.17, 15) is 14.7 Å². The molecule has 2 heterocycles. The molecule has 0 aromatic heterocycles. The molecule has 2 aromatic carbocycles. The fourth-order valence-corrected chi connectivity index (χ4v) is 4.14. The molecule has 0 bridgehead atoms. The molecule has 162 valence electrons. The second-order valence-electron chi connectivity index (χ2n) is 7.59. The second kappa shape index (κ2) is 8.81. The maximum Gasteiger partial charge on any atom is 0.295 e. The highest BCUT2D eigenvalue weighted by Crippen LogP contribution is 2.41. The van der Waals surface area contributed by atoms with Crippen LogP contribution in [-0.4, -0.2) is 55.2 Å². The van der Waals surface area contributed by atoms with Crippen molar-refractivity contribution in [2.75, 3.05) is 27.4 Å². The molecule has 0 aliphatic carbocycles. The molecule has 7 nitrogen and oxygen atoms in total. The molecular formula is C24H25NO6. The van der Waals surface area contributed by atoms with Crippen LogP contribution in [0.2, 0.25) is 0 Å². The number of benzene rings is 2. The van der Waals surface area contributed by atoms with E-state index >= 15 is 0 Å². The average molecular weight is 423 g/mol. The van der Waals surface area contributed by atoms with E-state index in [0.29, 0.717) is 29.2 Å². The first kappa shape index (κ1) is 20.9. The lowest BCUT2D eigenvalue weighted by Gasteiger charge is -2.27. The van der Waals surface area contributed by atoms with Gasteiger partial charge in [0.05, 0.1) is 31.9 Å². The highest BCUT2D eigenvalue weighted by atomic mass is 16.5. The van der Waals surface area contributed by atoms with Crippen molar-refractivity contribution in [1.82, 2.24) is 4.90 Å². The SMILES string of the molecule is COc1ccc(C(O)=C2C(=O)C(=O)N(C[C@H]3CCCO3)[C@@H]2c2cccc(OC)c2)cc1. The highest BCUT2D eigenvalue weighted by molar-refractivity contribution is 6.46. The van der Waals surface area contributed by atoms with Crippen LogP contribution < -0.4 is 9.47 Å².